The Morgan fingerprint density at radius 1 is 0.870 bits per heavy atom. The number of esters is 1. The zero-order valence-corrected chi connectivity index (χ0v) is 24.5. The number of nitrogens with zero attached hydrogens (tertiary/aromatic N) is 2. The van der Waals surface area contributed by atoms with E-state index in [2.05, 4.69) is 10.6 Å². The molecule has 1 spiro atoms. The van der Waals surface area contributed by atoms with Crippen LogP contribution in [0.4, 0.5) is 26.7 Å². The Hall–Kier alpha value is -5.75. The molecule has 4 aromatic carbocycles. The number of morpholine rings is 1. The van der Waals surface area contributed by atoms with Crippen LogP contribution in [0.5, 0.6) is 0 Å². The number of amides is 3. The highest BCUT2D eigenvalue weighted by Crippen LogP contribution is 2.52. The van der Waals surface area contributed by atoms with Gasteiger partial charge < -0.3 is 24.4 Å². The lowest BCUT2D eigenvalue weighted by atomic mass is 9.71. The van der Waals surface area contributed by atoms with E-state index in [-0.39, 0.29) is 18.3 Å². The second-order valence-electron chi connectivity index (χ2n) is 11.2. The van der Waals surface area contributed by atoms with Crippen LogP contribution in [-0.4, -0.2) is 54.2 Å². The van der Waals surface area contributed by atoms with Crippen molar-refractivity contribution in [2.24, 2.45) is 0 Å². The van der Waals surface area contributed by atoms with Crippen LogP contribution in [0.15, 0.2) is 84.9 Å². The Balaban J connectivity index is 1.18. The van der Waals surface area contributed by atoms with Crippen molar-refractivity contribution in [2.75, 3.05) is 36.9 Å². The predicted molar refractivity (Wildman–Crippen MR) is 166 cm³/mol. The molecule has 12 nitrogen and oxygen atoms in total. The van der Waals surface area contributed by atoms with E-state index in [1.165, 1.54) is 24.3 Å². The molecule has 12 heteroatoms. The third-order valence-corrected chi connectivity index (χ3v) is 8.44. The maximum atomic E-state index is 13.2. The fourth-order valence-electron chi connectivity index (χ4n) is 6.28. The number of urea groups is 1. The van der Waals surface area contributed by atoms with Crippen molar-refractivity contribution in [3.63, 3.8) is 0 Å². The molecule has 1 fully saturated rings. The smallest absolute Gasteiger partial charge is 0.411 e. The molecule has 3 amide bonds. The summed E-state index contributed by atoms with van der Waals surface area (Å²) in [6.45, 7) is 1.92. The second kappa shape index (κ2) is 11.6. The molecule has 1 atom stereocenters. The van der Waals surface area contributed by atoms with Gasteiger partial charge in [0.05, 0.1) is 23.7 Å². The molecule has 1 unspecified atom stereocenters. The number of nitrogens with one attached hydrogen (secondary N) is 2. The molecule has 0 saturated carbocycles. The van der Waals surface area contributed by atoms with Crippen LogP contribution >= 0.6 is 0 Å². The molecule has 0 aromatic heterocycles. The number of benzene rings is 4. The van der Waals surface area contributed by atoms with Crippen LogP contribution < -0.4 is 10.6 Å². The quantitative estimate of drug-likeness (QED) is 0.167. The van der Waals surface area contributed by atoms with Crippen LogP contribution in [-0.2, 0) is 32.8 Å². The van der Waals surface area contributed by atoms with E-state index in [9.17, 15) is 24.5 Å². The summed E-state index contributed by atoms with van der Waals surface area (Å²) in [6, 6.07) is 23.8. The lowest BCUT2D eigenvalue weighted by Crippen LogP contribution is -2.43. The van der Waals surface area contributed by atoms with E-state index in [4.69, 9.17) is 14.2 Å². The number of carbonyl (C=O) groups is 3. The number of hydrogen-bond donors (Lipinski definition) is 2. The average Bonchev–Trinajstić information content (AvgIpc) is 3.36. The number of anilines is 2. The topological polar surface area (TPSA) is 149 Å². The maximum absolute atomic E-state index is 13.2. The largest absolute Gasteiger partial charge is 0.444 e. The van der Waals surface area contributed by atoms with E-state index in [1.807, 2.05) is 42.5 Å². The fourth-order valence-corrected chi connectivity index (χ4v) is 6.28. The third kappa shape index (κ3) is 5.18. The van der Waals surface area contributed by atoms with Gasteiger partial charge in [-0.05, 0) is 65.6 Å². The minimum atomic E-state index is -1.21. The first kappa shape index (κ1) is 29.0. The summed E-state index contributed by atoms with van der Waals surface area (Å²) in [7, 11) is 0. The SMILES string of the molecule is O=C(Nc1ccc2c(c1)Cc1cc(NC(=O)N3CCOCC3)ccc1C21OC(=O)c2ccccc21)OCc1ccc([N+](=O)[O-])cc1. The van der Waals surface area contributed by atoms with Gasteiger partial charge in [-0.1, -0.05) is 30.3 Å². The third-order valence-electron chi connectivity index (χ3n) is 8.44. The highest BCUT2D eigenvalue weighted by atomic mass is 16.6. The summed E-state index contributed by atoms with van der Waals surface area (Å²) >= 11 is 0. The Morgan fingerprint density at radius 2 is 1.52 bits per heavy atom. The zero-order chi connectivity index (χ0) is 31.8. The number of carbonyl (C=O) groups excluding carboxylic acids is 3. The lowest BCUT2D eigenvalue weighted by Gasteiger charge is -2.37. The first-order chi connectivity index (χ1) is 22.3. The monoisotopic (exact) mass is 620 g/mol. The molecule has 0 radical (unpaired) electrons. The van der Waals surface area contributed by atoms with Gasteiger partial charge >= 0.3 is 18.1 Å². The number of nitro benzene ring substituents is 1. The normalized spacial score (nSPS) is 17.7. The molecular formula is C34H28N4O8. The van der Waals surface area contributed by atoms with Crippen molar-refractivity contribution >= 4 is 35.2 Å². The lowest BCUT2D eigenvalue weighted by molar-refractivity contribution is -0.384. The molecule has 1 saturated heterocycles. The standard InChI is InChI=1S/C34H28N4O8/c39-31-27-3-1-2-4-30(27)34(46-31)28-11-7-24(35-32(40)37-13-15-44-16-14-37)18-22(28)17-23-19-25(8-12-29(23)34)36-33(41)45-20-21-5-9-26(10-6-21)38(42)43/h1-12,18-19H,13-17,20H2,(H,35,40)(H,36,41). The van der Waals surface area contributed by atoms with Gasteiger partial charge in [-0.25, -0.2) is 14.4 Å². The van der Waals surface area contributed by atoms with Crippen molar-refractivity contribution in [1.29, 1.82) is 0 Å². The van der Waals surface area contributed by atoms with Crippen LogP contribution in [0.1, 0.15) is 43.7 Å². The molecular weight excluding hydrogens is 592 g/mol. The summed E-state index contributed by atoms with van der Waals surface area (Å²) in [5, 5.41) is 16.6. The van der Waals surface area contributed by atoms with E-state index in [0.29, 0.717) is 55.2 Å². The van der Waals surface area contributed by atoms with Crippen molar-refractivity contribution in [3.05, 3.63) is 134 Å². The number of ether oxygens (including phenoxy) is 3. The molecule has 46 heavy (non-hydrogen) atoms. The van der Waals surface area contributed by atoms with Gasteiger partial charge in [-0.3, -0.25) is 15.4 Å². The van der Waals surface area contributed by atoms with Crippen LogP contribution in [0.25, 0.3) is 0 Å². The Labute approximate surface area is 263 Å². The Kier molecular flexibility index (Phi) is 7.33. The van der Waals surface area contributed by atoms with Crippen molar-refractivity contribution in [3.8, 4) is 0 Å². The van der Waals surface area contributed by atoms with E-state index >= 15 is 0 Å². The molecule has 3 aliphatic rings. The molecule has 2 heterocycles. The average molecular weight is 621 g/mol. The number of fused-ring (bicyclic) bond motifs is 6. The highest BCUT2D eigenvalue weighted by molar-refractivity contribution is 5.97. The summed E-state index contributed by atoms with van der Waals surface area (Å²) in [4.78, 5) is 50.9. The fraction of sp³-hybridized carbons (Fsp3) is 0.206. The van der Waals surface area contributed by atoms with Crippen molar-refractivity contribution < 1.29 is 33.5 Å². The van der Waals surface area contributed by atoms with Gasteiger partial charge in [0.1, 0.15) is 6.61 Å². The summed E-state index contributed by atoms with van der Waals surface area (Å²) in [5.74, 6) is -0.434. The van der Waals surface area contributed by atoms with Crippen LogP contribution in [0, 0.1) is 10.1 Å². The number of rotatable bonds is 5. The first-order valence-corrected chi connectivity index (χ1v) is 14.7. The molecule has 232 valence electrons. The molecule has 1 aliphatic carbocycles. The Bertz CT molecular complexity index is 1890. The first-order valence-electron chi connectivity index (χ1n) is 14.7. The van der Waals surface area contributed by atoms with Crippen LogP contribution in [0.3, 0.4) is 0 Å². The van der Waals surface area contributed by atoms with E-state index < -0.39 is 22.6 Å². The predicted octanol–water partition coefficient (Wildman–Crippen LogP) is 5.57. The molecule has 0 bridgehead atoms. The van der Waals surface area contributed by atoms with Gasteiger partial charge in [-0.2, -0.15) is 0 Å². The van der Waals surface area contributed by atoms with Gasteiger partial charge in [0.25, 0.3) is 5.69 Å². The minimum absolute atomic E-state index is 0.0521. The molecule has 7 rings (SSSR count). The Morgan fingerprint density at radius 3 is 2.20 bits per heavy atom. The second-order valence-corrected chi connectivity index (χ2v) is 11.2. The van der Waals surface area contributed by atoms with E-state index in [0.717, 1.165) is 27.8 Å². The molecule has 2 aliphatic heterocycles. The summed E-state index contributed by atoms with van der Waals surface area (Å²) in [5.41, 5.74) is 4.86. The van der Waals surface area contributed by atoms with Gasteiger partial charge in [-0.15, -0.1) is 0 Å². The van der Waals surface area contributed by atoms with Gasteiger partial charge in [0, 0.05) is 53.3 Å². The van der Waals surface area contributed by atoms with Crippen molar-refractivity contribution in [2.45, 2.75) is 18.6 Å². The summed E-state index contributed by atoms with van der Waals surface area (Å²) < 4.78 is 17.0. The minimum Gasteiger partial charge on any atom is -0.444 e. The maximum Gasteiger partial charge on any atom is 0.411 e. The number of nitro groups is 1. The van der Waals surface area contributed by atoms with E-state index in [1.54, 1.807) is 23.1 Å². The molecule has 4 aromatic rings. The van der Waals surface area contributed by atoms with Crippen molar-refractivity contribution in [1.82, 2.24) is 4.90 Å². The number of hydrogen-bond acceptors (Lipinski definition) is 8. The number of non-ortho nitro benzene ring substituents is 1. The van der Waals surface area contributed by atoms with Gasteiger partial charge in [0.2, 0.25) is 0 Å². The van der Waals surface area contributed by atoms with Gasteiger partial charge in [0.15, 0.2) is 5.60 Å². The van der Waals surface area contributed by atoms with Crippen LogP contribution in [0.2, 0.25) is 0 Å². The molecule has 2 N–H and O–H groups in total. The summed E-state index contributed by atoms with van der Waals surface area (Å²) in [6.07, 6.45) is -0.254. The zero-order valence-electron chi connectivity index (χ0n) is 24.5. The highest BCUT2D eigenvalue weighted by Gasteiger charge is 2.52.